The average Bonchev–Trinajstić information content (AvgIpc) is 2.77. The van der Waals surface area contributed by atoms with Crippen molar-refractivity contribution in [1.82, 2.24) is 4.90 Å². The van der Waals surface area contributed by atoms with E-state index >= 15 is 0 Å². The van der Waals surface area contributed by atoms with Crippen LogP contribution >= 0.6 is 0 Å². The van der Waals surface area contributed by atoms with Crippen LogP contribution in [0.15, 0.2) is 30.3 Å². The lowest BCUT2D eigenvalue weighted by Crippen LogP contribution is -2.49. The molecule has 0 saturated carbocycles. The van der Waals surface area contributed by atoms with E-state index in [1.165, 1.54) is 24.7 Å². The lowest BCUT2D eigenvalue weighted by atomic mass is 9.76. The minimum atomic E-state index is -0.0558. The number of hydrogen-bond acceptors (Lipinski definition) is 3. The van der Waals surface area contributed by atoms with E-state index in [1.807, 2.05) is 13.0 Å². The normalized spacial score (nSPS) is 29.0. The summed E-state index contributed by atoms with van der Waals surface area (Å²) >= 11 is 0. The summed E-state index contributed by atoms with van der Waals surface area (Å²) in [5.41, 5.74) is 2.48. The summed E-state index contributed by atoms with van der Waals surface area (Å²) in [6.45, 7) is 2.02. The van der Waals surface area contributed by atoms with Gasteiger partial charge in [0.2, 0.25) is 0 Å². The van der Waals surface area contributed by atoms with Crippen LogP contribution in [-0.4, -0.2) is 37.1 Å². The molecule has 2 aliphatic heterocycles. The molecule has 2 bridgehead atoms. The second-order valence-electron chi connectivity index (χ2n) is 6.52. The molecule has 2 fully saturated rings. The number of ether oxygens (including phenoxy) is 1. The number of fused-ring (bicyclic) bond motifs is 2. The Labute approximate surface area is 147 Å². The van der Waals surface area contributed by atoms with Crippen LogP contribution in [0.2, 0.25) is 0 Å². The molecule has 2 unspecified atom stereocenters. The van der Waals surface area contributed by atoms with Crippen LogP contribution in [0.3, 0.4) is 0 Å². The highest BCUT2D eigenvalue weighted by Gasteiger charge is 2.49. The van der Waals surface area contributed by atoms with Crippen molar-refractivity contribution in [3.8, 4) is 0 Å². The van der Waals surface area contributed by atoms with Gasteiger partial charge in [0.25, 0.3) is 0 Å². The second kappa shape index (κ2) is 8.48. The van der Waals surface area contributed by atoms with Crippen molar-refractivity contribution in [3.05, 3.63) is 41.5 Å². The van der Waals surface area contributed by atoms with Crippen LogP contribution in [0.5, 0.6) is 0 Å². The summed E-state index contributed by atoms with van der Waals surface area (Å²) in [4.78, 5) is 14.8. The van der Waals surface area contributed by atoms with E-state index in [2.05, 4.69) is 42.3 Å². The van der Waals surface area contributed by atoms with E-state index in [4.69, 9.17) is 4.74 Å². The summed E-state index contributed by atoms with van der Waals surface area (Å²) in [6.07, 6.45) is 7.49. The molecule has 134 valence electrons. The standard InChI is InChI=1S/C19H25NO2.2CH4/c1-4-5-13-6-8-14(9-7-13)16-12-15-10-11-17(20(15)2)18(16)19(21)22-3;;/h4-9,15-18H,10-12H2,1-3H3;2*1H4/b5-4+;;/t15-,16-,17?,18?;;/m1../s1. The quantitative estimate of drug-likeness (QED) is 0.750. The monoisotopic (exact) mass is 331 g/mol. The number of esters is 1. The molecule has 0 amide bonds. The lowest BCUT2D eigenvalue weighted by Gasteiger charge is -2.41. The van der Waals surface area contributed by atoms with Gasteiger partial charge in [-0.15, -0.1) is 0 Å². The fraction of sp³-hybridized carbons (Fsp3) is 0.571. The van der Waals surface area contributed by atoms with E-state index in [-0.39, 0.29) is 32.7 Å². The molecule has 1 aromatic rings. The Kier molecular flexibility index (Phi) is 7.22. The predicted octanol–water partition coefficient (Wildman–Crippen LogP) is 4.73. The minimum Gasteiger partial charge on any atom is -0.469 e. The van der Waals surface area contributed by atoms with Gasteiger partial charge in [-0.3, -0.25) is 9.69 Å². The molecule has 0 aliphatic carbocycles. The van der Waals surface area contributed by atoms with Crippen LogP contribution in [0, 0.1) is 5.92 Å². The predicted molar refractivity (Wildman–Crippen MR) is 102 cm³/mol. The third kappa shape index (κ3) is 3.56. The smallest absolute Gasteiger partial charge is 0.310 e. The first-order chi connectivity index (χ1) is 10.7. The van der Waals surface area contributed by atoms with Gasteiger partial charge in [-0.1, -0.05) is 51.3 Å². The van der Waals surface area contributed by atoms with Gasteiger partial charge in [-0.05, 0) is 44.4 Å². The molecule has 0 spiro atoms. The third-order valence-corrected chi connectivity index (χ3v) is 5.47. The van der Waals surface area contributed by atoms with E-state index in [0.29, 0.717) is 12.1 Å². The highest BCUT2D eigenvalue weighted by atomic mass is 16.5. The van der Waals surface area contributed by atoms with Crippen molar-refractivity contribution in [2.24, 2.45) is 5.92 Å². The van der Waals surface area contributed by atoms with Crippen LogP contribution in [-0.2, 0) is 9.53 Å². The van der Waals surface area contributed by atoms with Gasteiger partial charge in [-0.2, -0.15) is 0 Å². The molecular formula is C21H33NO2. The molecule has 3 nitrogen and oxygen atoms in total. The van der Waals surface area contributed by atoms with Crippen LogP contribution in [0.25, 0.3) is 6.08 Å². The topological polar surface area (TPSA) is 29.5 Å². The van der Waals surface area contributed by atoms with E-state index in [9.17, 15) is 4.79 Å². The summed E-state index contributed by atoms with van der Waals surface area (Å²) in [6, 6.07) is 9.58. The van der Waals surface area contributed by atoms with Crippen molar-refractivity contribution in [3.63, 3.8) is 0 Å². The molecular weight excluding hydrogens is 298 g/mol. The Bertz CT molecular complexity index is 564. The number of allylic oxidation sites excluding steroid dienone is 1. The number of piperidine rings is 1. The highest BCUT2D eigenvalue weighted by molar-refractivity contribution is 5.75. The Morgan fingerprint density at radius 3 is 2.46 bits per heavy atom. The largest absolute Gasteiger partial charge is 0.469 e. The molecule has 2 saturated heterocycles. The Morgan fingerprint density at radius 2 is 1.88 bits per heavy atom. The number of carbonyl (C=O) groups is 1. The van der Waals surface area contributed by atoms with Crippen molar-refractivity contribution in [2.45, 2.75) is 59.0 Å². The highest BCUT2D eigenvalue weighted by Crippen LogP contribution is 2.46. The second-order valence-corrected chi connectivity index (χ2v) is 6.52. The van der Waals surface area contributed by atoms with E-state index < -0.39 is 0 Å². The van der Waals surface area contributed by atoms with Crippen molar-refractivity contribution in [2.75, 3.05) is 14.2 Å². The molecule has 0 aromatic heterocycles. The zero-order chi connectivity index (χ0) is 15.7. The fourth-order valence-corrected chi connectivity index (χ4v) is 4.31. The summed E-state index contributed by atoms with van der Waals surface area (Å²) < 4.78 is 5.13. The first-order valence-corrected chi connectivity index (χ1v) is 8.18. The molecule has 2 heterocycles. The molecule has 4 atom stereocenters. The van der Waals surface area contributed by atoms with E-state index in [1.54, 1.807) is 0 Å². The molecule has 3 rings (SSSR count). The van der Waals surface area contributed by atoms with Crippen LogP contribution in [0.4, 0.5) is 0 Å². The Balaban J connectivity index is 0.00000144. The molecule has 3 heteroatoms. The molecule has 0 N–H and O–H groups in total. The van der Waals surface area contributed by atoms with Gasteiger partial charge in [-0.25, -0.2) is 0 Å². The summed E-state index contributed by atoms with van der Waals surface area (Å²) in [5, 5.41) is 0. The minimum absolute atomic E-state index is 0. The fourth-order valence-electron chi connectivity index (χ4n) is 4.31. The Hall–Kier alpha value is -1.61. The maximum Gasteiger partial charge on any atom is 0.310 e. The van der Waals surface area contributed by atoms with Gasteiger partial charge in [0.05, 0.1) is 13.0 Å². The van der Waals surface area contributed by atoms with Gasteiger partial charge in [0.1, 0.15) is 0 Å². The molecule has 24 heavy (non-hydrogen) atoms. The zero-order valence-electron chi connectivity index (χ0n) is 13.7. The van der Waals surface area contributed by atoms with Crippen LogP contribution in [0.1, 0.15) is 58.1 Å². The number of rotatable bonds is 3. The van der Waals surface area contributed by atoms with Gasteiger partial charge in [0, 0.05) is 18.0 Å². The van der Waals surface area contributed by atoms with Gasteiger partial charge in [0.15, 0.2) is 0 Å². The first-order valence-electron chi connectivity index (χ1n) is 8.18. The molecule has 1 aromatic carbocycles. The van der Waals surface area contributed by atoms with E-state index in [0.717, 1.165) is 12.8 Å². The summed E-state index contributed by atoms with van der Waals surface area (Å²) in [7, 11) is 3.67. The first kappa shape index (κ1) is 20.4. The number of methoxy groups -OCH3 is 1. The van der Waals surface area contributed by atoms with Crippen molar-refractivity contribution in [1.29, 1.82) is 0 Å². The maximum absolute atomic E-state index is 12.4. The third-order valence-electron chi connectivity index (χ3n) is 5.47. The summed E-state index contributed by atoms with van der Waals surface area (Å²) in [5.74, 6) is 0.182. The molecule has 2 aliphatic rings. The zero-order valence-corrected chi connectivity index (χ0v) is 13.7. The van der Waals surface area contributed by atoms with Gasteiger partial charge >= 0.3 is 5.97 Å². The molecule has 0 radical (unpaired) electrons. The SMILES string of the molecule is C.C.C/C=C/c1ccc([C@H]2C[C@H]3CCC(C2C(=O)OC)N3C)cc1. The van der Waals surface area contributed by atoms with Crippen molar-refractivity contribution < 1.29 is 9.53 Å². The van der Waals surface area contributed by atoms with Crippen molar-refractivity contribution >= 4 is 12.0 Å². The number of nitrogens with zero attached hydrogens (tertiary/aromatic N) is 1. The maximum atomic E-state index is 12.4. The lowest BCUT2D eigenvalue weighted by molar-refractivity contribution is -0.150. The number of hydrogen-bond donors (Lipinski definition) is 0. The average molecular weight is 332 g/mol. The van der Waals surface area contributed by atoms with Gasteiger partial charge < -0.3 is 4.74 Å². The van der Waals surface area contributed by atoms with Crippen LogP contribution < -0.4 is 0 Å². The Morgan fingerprint density at radius 1 is 1.21 bits per heavy atom. The number of carbonyl (C=O) groups excluding carboxylic acids is 1. The number of benzene rings is 1.